The number of carbonyl (C=O) groups excluding carboxylic acids is 1. The topological polar surface area (TPSA) is 99.4 Å². The first-order valence-corrected chi connectivity index (χ1v) is 12.9. The van der Waals surface area contributed by atoms with Crippen molar-refractivity contribution in [2.24, 2.45) is 4.99 Å². The second-order valence-electron chi connectivity index (χ2n) is 7.22. The van der Waals surface area contributed by atoms with E-state index in [4.69, 9.17) is 14.2 Å². The van der Waals surface area contributed by atoms with Crippen molar-refractivity contribution in [2.75, 3.05) is 40.2 Å². The van der Waals surface area contributed by atoms with Gasteiger partial charge in [0.05, 0.1) is 27.1 Å². The minimum atomic E-state index is -3.50. The van der Waals surface area contributed by atoms with Crippen molar-refractivity contribution in [3.8, 4) is 11.5 Å². The van der Waals surface area contributed by atoms with E-state index in [1.807, 2.05) is 23.6 Å². The molecule has 1 saturated heterocycles. The number of rotatable bonds is 8. The molecule has 172 valence electrons. The van der Waals surface area contributed by atoms with Gasteiger partial charge < -0.3 is 18.8 Å². The molecule has 2 aromatic rings. The summed E-state index contributed by atoms with van der Waals surface area (Å²) >= 11 is 1.31. The lowest BCUT2D eigenvalue weighted by molar-refractivity contribution is -0.122. The summed E-state index contributed by atoms with van der Waals surface area (Å²) in [6.07, 6.45) is 3.13. The van der Waals surface area contributed by atoms with Crippen molar-refractivity contribution in [2.45, 2.75) is 38.8 Å². The molecule has 3 rings (SSSR count). The smallest absolute Gasteiger partial charge is 0.266 e. The third-order valence-corrected chi connectivity index (χ3v) is 7.61. The van der Waals surface area contributed by atoms with E-state index in [1.165, 1.54) is 15.6 Å². The highest BCUT2D eigenvalue weighted by Gasteiger charge is 2.34. The van der Waals surface area contributed by atoms with Crippen molar-refractivity contribution >= 4 is 37.5 Å². The van der Waals surface area contributed by atoms with Crippen molar-refractivity contribution in [1.82, 2.24) is 8.87 Å². The van der Waals surface area contributed by atoms with E-state index in [9.17, 15) is 13.2 Å². The molecule has 1 fully saturated rings. The number of carbonyl (C=O) groups is 1. The molecule has 0 saturated carbocycles. The summed E-state index contributed by atoms with van der Waals surface area (Å²) in [5, 5.41) is 0. The summed E-state index contributed by atoms with van der Waals surface area (Å²) in [6.45, 7) is 3.72. The summed E-state index contributed by atoms with van der Waals surface area (Å²) in [5.41, 5.74) is 0.765. The molecule has 0 aliphatic carbocycles. The van der Waals surface area contributed by atoms with Crippen LogP contribution < -0.4 is 14.3 Å². The second kappa shape index (κ2) is 10.1. The Labute approximate surface area is 186 Å². The molecule has 11 heteroatoms. The van der Waals surface area contributed by atoms with Gasteiger partial charge in [0.25, 0.3) is 5.91 Å². The van der Waals surface area contributed by atoms with Gasteiger partial charge in [-0.15, -0.1) is 0 Å². The fraction of sp³-hybridized carbons (Fsp3) is 0.600. The lowest BCUT2D eigenvalue weighted by Gasteiger charge is -2.31. The average Bonchev–Trinajstić information content (AvgIpc) is 3.10. The summed E-state index contributed by atoms with van der Waals surface area (Å²) in [5.74, 6) is 0.822. The molecule has 1 aliphatic rings. The fourth-order valence-corrected chi connectivity index (χ4v) is 6.05. The molecule has 1 atom stereocenters. The Morgan fingerprint density at radius 1 is 1.23 bits per heavy atom. The number of benzene rings is 1. The van der Waals surface area contributed by atoms with Crippen molar-refractivity contribution in [3.63, 3.8) is 0 Å². The highest BCUT2D eigenvalue weighted by Crippen LogP contribution is 2.35. The van der Waals surface area contributed by atoms with Crippen LogP contribution in [0.25, 0.3) is 10.2 Å². The van der Waals surface area contributed by atoms with E-state index in [-0.39, 0.29) is 0 Å². The molecule has 1 aliphatic heterocycles. The number of aromatic nitrogens is 1. The molecule has 9 nitrogen and oxygen atoms in total. The zero-order chi connectivity index (χ0) is 22.6. The van der Waals surface area contributed by atoms with Crippen LogP contribution in [0.5, 0.6) is 11.5 Å². The Morgan fingerprint density at radius 3 is 2.58 bits per heavy atom. The number of methoxy groups -OCH3 is 2. The number of ether oxygens (including phenoxy) is 3. The van der Waals surface area contributed by atoms with Crippen LogP contribution in [0.1, 0.15) is 26.2 Å². The third kappa shape index (κ3) is 5.11. The molecular formula is C20H29N3O6S2. The number of amides is 1. The third-order valence-electron chi connectivity index (χ3n) is 5.23. The molecule has 0 bridgehead atoms. The average molecular weight is 472 g/mol. The lowest BCUT2D eigenvalue weighted by atomic mass is 10.0. The number of hydrogen-bond donors (Lipinski definition) is 0. The van der Waals surface area contributed by atoms with E-state index in [0.717, 1.165) is 29.3 Å². The minimum absolute atomic E-state index is 0.336. The van der Waals surface area contributed by atoms with Gasteiger partial charge in [-0.25, -0.2) is 8.42 Å². The first-order chi connectivity index (χ1) is 14.8. The molecule has 1 amide bonds. The van der Waals surface area contributed by atoms with E-state index in [2.05, 4.69) is 4.99 Å². The Morgan fingerprint density at radius 2 is 1.94 bits per heavy atom. The quantitative estimate of drug-likeness (QED) is 0.546. The maximum atomic E-state index is 13.1. The molecule has 1 aromatic heterocycles. The first-order valence-electron chi connectivity index (χ1n) is 10.2. The second-order valence-corrected chi connectivity index (χ2v) is 10.1. The van der Waals surface area contributed by atoms with Gasteiger partial charge in [-0.2, -0.15) is 9.30 Å². The van der Waals surface area contributed by atoms with E-state index >= 15 is 0 Å². The van der Waals surface area contributed by atoms with Crippen LogP contribution in [-0.2, 0) is 26.1 Å². The summed E-state index contributed by atoms with van der Waals surface area (Å²) < 4.78 is 44.9. The molecule has 2 heterocycles. The molecule has 0 radical (unpaired) electrons. The molecular weight excluding hydrogens is 442 g/mol. The molecule has 31 heavy (non-hydrogen) atoms. The Hall–Kier alpha value is -1.95. The zero-order valence-electron chi connectivity index (χ0n) is 18.3. The highest BCUT2D eigenvalue weighted by molar-refractivity contribution is 7.88. The zero-order valence-corrected chi connectivity index (χ0v) is 19.9. The Bertz CT molecular complexity index is 1110. The maximum absolute atomic E-state index is 13.1. The molecule has 1 unspecified atom stereocenters. The predicted molar refractivity (Wildman–Crippen MR) is 119 cm³/mol. The fourth-order valence-electron chi connectivity index (χ4n) is 3.76. The summed E-state index contributed by atoms with van der Waals surface area (Å²) in [6, 6.07) is 2.84. The lowest BCUT2D eigenvalue weighted by Crippen LogP contribution is -2.47. The van der Waals surface area contributed by atoms with Crippen molar-refractivity contribution in [3.05, 3.63) is 16.9 Å². The summed E-state index contributed by atoms with van der Waals surface area (Å²) in [4.78, 5) is 18.0. The van der Waals surface area contributed by atoms with E-state index < -0.39 is 22.0 Å². The standard InChI is InChI=1S/C20H29N3O6S2/c1-5-29-13-12-22-17-15(27-2)9-10-16(28-3)18(17)30-20(22)21-19(24)14-8-6-7-11-23(14)31(4,25)26/h9-10,14H,5-8,11-13H2,1-4H3. The van der Waals surface area contributed by atoms with Gasteiger partial charge in [-0.1, -0.05) is 17.8 Å². The number of hydrogen-bond acceptors (Lipinski definition) is 7. The van der Waals surface area contributed by atoms with E-state index in [0.29, 0.717) is 49.0 Å². The molecule has 0 spiro atoms. The SMILES string of the molecule is CCOCCn1c(=NC(=O)C2CCCCN2S(C)(=O)=O)sc2c(OC)ccc(OC)c21. The van der Waals surface area contributed by atoms with Gasteiger partial charge in [0, 0.05) is 19.7 Å². The van der Waals surface area contributed by atoms with Gasteiger partial charge in [0.15, 0.2) is 4.80 Å². The minimum Gasteiger partial charge on any atom is -0.495 e. The van der Waals surface area contributed by atoms with Gasteiger partial charge in [-0.3, -0.25) is 4.79 Å². The maximum Gasteiger partial charge on any atom is 0.266 e. The van der Waals surface area contributed by atoms with Crippen LogP contribution in [0.3, 0.4) is 0 Å². The highest BCUT2D eigenvalue weighted by atomic mass is 32.2. The summed E-state index contributed by atoms with van der Waals surface area (Å²) in [7, 11) is -0.331. The van der Waals surface area contributed by atoms with Crippen LogP contribution in [0.15, 0.2) is 17.1 Å². The monoisotopic (exact) mass is 471 g/mol. The number of piperidine rings is 1. The van der Waals surface area contributed by atoms with Gasteiger partial charge >= 0.3 is 0 Å². The first kappa shape index (κ1) is 23.7. The van der Waals surface area contributed by atoms with Crippen LogP contribution in [-0.4, -0.2) is 69.5 Å². The number of sulfonamides is 1. The number of fused-ring (bicyclic) bond motifs is 1. The molecule has 0 N–H and O–H groups in total. The van der Waals surface area contributed by atoms with Crippen molar-refractivity contribution < 1.29 is 27.4 Å². The largest absolute Gasteiger partial charge is 0.495 e. The Balaban J connectivity index is 2.14. The van der Waals surface area contributed by atoms with Gasteiger partial charge in [0.1, 0.15) is 27.8 Å². The molecule has 1 aromatic carbocycles. The predicted octanol–water partition coefficient (Wildman–Crippen LogP) is 2.00. The van der Waals surface area contributed by atoms with Crippen LogP contribution in [0.2, 0.25) is 0 Å². The van der Waals surface area contributed by atoms with Crippen LogP contribution in [0.4, 0.5) is 0 Å². The normalized spacial score (nSPS) is 18.5. The van der Waals surface area contributed by atoms with Gasteiger partial charge in [-0.05, 0) is 31.9 Å². The van der Waals surface area contributed by atoms with Gasteiger partial charge in [0.2, 0.25) is 10.0 Å². The van der Waals surface area contributed by atoms with Crippen molar-refractivity contribution in [1.29, 1.82) is 0 Å². The number of nitrogens with zero attached hydrogens (tertiary/aromatic N) is 3. The van der Waals surface area contributed by atoms with Crippen LogP contribution >= 0.6 is 11.3 Å². The number of thiazole rings is 1. The van der Waals surface area contributed by atoms with E-state index in [1.54, 1.807) is 14.2 Å². The van der Waals surface area contributed by atoms with Crippen LogP contribution in [0, 0.1) is 0 Å². The Kier molecular flexibility index (Phi) is 7.73.